The molecular formula is C19H19NO5. The number of hydrogen-bond acceptors (Lipinski definition) is 5. The molecule has 1 aromatic heterocycles. The molecule has 0 saturated heterocycles. The Morgan fingerprint density at radius 2 is 1.72 bits per heavy atom. The highest BCUT2D eigenvalue weighted by Crippen LogP contribution is 2.50. The van der Waals surface area contributed by atoms with Gasteiger partial charge in [0.1, 0.15) is 0 Å². The van der Waals surface area contributed by atoms with Gasteiger partial charge in [0.05, 0.1) is 49.4 Å². The molecule has 1 aliphatic rings. The summed E-state index contributed by atoms with van der Waals surface area (Å²) in [5, 5.41) is 11.7. The minimum absolute atomic E-state index is 0.144. The number of para-hydroxylation sites is 1. The number of fused-ring (bicyclic) bond motifs is 2. The zero-order valence-electron chi connectivity index (χ0n) is 14.3. The summed E-state index contributed by atoms with van der Waals surface area (Å²) in [6.07, 6.45) is -0.210. The van der Waals surface area contributed by atoms with E-state index in [4.69, 9.17) is 14.2 Å². The molecule has 0 fully saturated rings. The van der Waals surface area contributed by atoms with Crippen molar-refractivity contribution in [1.29, 1.82) is 0 Å². The van der Waals surface area contributed by atoms with Crippen LogP contribution >= 0.6 is 0 Å². The molecular weight excluding hydrogens is 322 g/mol. The van der Waals surface area contributed by atoms with E-state index in [0.29, 0.717) is 52.1 Å². The van der Waals surface area contributed by atoms with Crippen molar-refractivity contribution in [1.82, 2.24) is 4.57 Å². The maximum absolute atomic E-state index is 13.2. The summed E-state index contributed by atoms with van der Waals surface area (Å²) >= 11 is 0. The van der Waals surface area contributed by atoms with Crippen molar-refractivity contribution in [2.24, 2.45) is 0 Å². The van der Waals surface area contributed by atoms with Crippen LogP contribution in [0.25, 0.3) is 21.8 Å². The van der Waals surface area contributed by atoms with Crippen molar-refractivity contribution in [2.75, 3.05) is 21.3 Å². The highest BCUT2D eigenvalue weighted by Gasteiger charge is 2.32. The van der Waals surface area contributed by atoms with Gasteiger partial charge in [0.15, 0.2) is 11.5 Å². The van der Waals surface area contributed by atoms with Crippen molar-refractivity contribution >= 4 is 21.8 Å². The number of rotatable bonds is 3. The maximum Gasteiger partial charge on any atom is 0.204 e. The molecule has 0 amide bonds. The molecule has 0 radical (unpaired) electrons. The lowest BCUT2D eigenvalue weighted by molar-refractivity contribution is 0.152. The molecule has 1 aliphatic heterocycles. The van der Waals surface area contributed by atoms with Gasteiger partial charge in [0, 0.05) is 11.9 Å². The van der Waals surface area contributed by atoms with Crippen LogP contribution in [-0.2, 0) is 6.54 Å². The van der Waals surface area contributed by atoms with Crippen molar-refractivity contribution in [3.8, 4) is 17.2 Å². The largest absolute Gasteiger partial charge is 0.492 e. The SMILES string of the molecule is COc1c(OC)c2c3c(c1OC)c(=O)c1ccccc1n3CCC2O. The number of benzene rings is 2. The number of aryl methyl sites for hydroxylation is 1. The van der Waals surface area contributed by atoms with E-state index in [1.807, 2.05) is 24.3 Å². The molecule has 0 aliphatic carbocycles. The zero-order chi connectivity index (χ0) is 17.7. The van der Waals surface area contributed by atoms with Gasteiger partial charge in [-0.15, -0.1) is 0 Å². The van der Waals surface area contributed by atoms with Gasteiger partial charge in [-0.3, -0.25) is 4.79 Å². The predicted octanol–water partition coefficient (Wildman–Crippen LogP) is 2.62. The standard InChI is InChI=1S/C19H19NO5/c1-23-17-13-12(21)8-9-20-11-7-5-4-6-10(11)16(22)14(15(13)20)18(24-2)19(17)25-3/h4-7,12,21H,8-9H2,1-3H3. The van der Waals surface area contributed by atoms with Crippen LogP contribution in [0.15, 0.2) is 29.1 Å². The number of nitrogens with zero attached hydrogens (tertiary/aromatic N) is 1. The highest BCUT2D eigenvalue weighted by atomic mass is 16.5. The van der Waals surface area contributed by atoms with Crippen molar-refractivity contribution in [2.45, 2.75) is 19.1 Å². The molecule has 1 atom stereocenters. The lowest BCUT2D eigenvalue weighted by Gasteiger charge is -2.29. The molecule has 2 heterocycles. The van der Waals surface area contributed by atoms with Gasteiger partial charge in [0.25, 0.3) is 0 Å². The van der Waals surface area contributed by atoms with E-state index < -0.39 is 6.10 Å². The van der Waals surface area contributed by atoms with Crippen LogP contribution < -0.4 is 19.6 Å². The second kappa shape index (κ2) is 5.67. The smallest absolute Gasteiger partial charge is 0.204 e. The average Bonchev–Trinajstić information content (AvgIpc) is 2.65. The quantitative estimate of drug-likeness (QED) is 0.742. The Hall–Kier alpha value is -2.73. The van der Waals surface area contributed by atoms with Gasteiger partial charge in [0.2, 0.25) is 11.2 Å². The number of aliphatic hydroxyl groups excluding tert-OH is 1. The minimum Gasteiger partial charge on any atom is -0.492 e. The normalized spacial score (nSPS) is 16.2. The summed E-state index contributed by atoms with van der Waals surface area (Å²) in [7, 11) is 4.51. The van der Waals surface area contributed by atoms with Gasteiger partial charge in [-0.2, -0.15) is 0 Å². The Bertz CT molecular complexity index is 1050. The van der Waals surface area contributed by atoms with Crippen LogP contribution in [0.1, 0.15) is 18.1 Å². The molecule has 6 heteroatoms. The van der Waals surface area contributed by atoms with E-state index in [0.717, 1.165) is 5.52 Å². The number of ether oxygens (including phenoxy) is 3. The first-order valence-corrected chi connectivity index (χ1v) is 8.09. The minimum atomic E-state index is -0.738. The van der Waals surface area contributed by atoms with E-state index in [1.165, 1.54) is 21.3 Å². The molecule has 4 rings (SSSR count). The summed E-state index contributed by atoms with van der Waals surface area (Å²) in [4.78, 5) is 13.2. The third-order valence-electron chi connectivity index (χ3n) is 4.88. The molecule has 0 saturated carbocycles. The predicted molar refractivity (Wildman–Crippen MR) is 94.9 cm³/mol. The van der Waals surface area contributed by atoms with Gasteiger partial charge in [-0.25, -0.2) is 0 Å². The Labute approximate surface area is 144 Å². The van der Waals surface area contributed by atoms with Crippen LogP contribution in [0, 0.1) is 0 Å². The number of pyridine rings is 1. The molecule has 25 heavy (non-hydrogen) atoms. The summed E-state index contributed by atoms with van der Waals surface area (Å²) in [5.74, 6) is 1.06. The molecule has 1 N–H and O–H groups in total. The van der Waals surface area contributed by atoms with E-state index in [2.05, 4.69) is 4.57 Å². The zero-order valence-corrected chi connectivity index (χ0v) is 14.3. The second-order valence-electron chi connectivity index (χ2n) is 6.04. The lowest BCUT2D eigenvalue weighted by Crippen LogP contribution is -2.21. The third-order valence-corrected chi connectivity index (χ3v) is 4.88. The van der Waals surface area contributed by atoms with Crippen LogP contribution in [0.2, 0.25) is 0 Å². The highest BCUT2D eigenvalue weighted by molar-refractivity contribution is 6.01. The van der Waals surface area contributed by atoms with Gasteiger partial charge < -0.3 is 23.9 Å². The van der Waals surface area contributed by atoms with Gasteiger partial charge in [-0.1, -0.05) is 12.1 Å². The summed E-state index contributed by atoms with van der Waals surface area (Å²) in [6, 6.07) is 7.47. The summed E-state index contributed by atoms with van der Waals surface area (Å²) in [5.41, 5.74) is 1.92. The molecule has 1 unspecified atom stereocenters. The average molecular weight is 341 g/mol. The van der Waals surface area contributed by atoms with Crippen molar-refractivity contribution in [3.05, 3.63) is 40.1 Å². The fourth-order valence-corrected chi connectivity index (χ4v) is 3.86. The van der Waals surface area contributed by atoms with Gasteiger partial charge in [-0.05, 0) is 18.6 Å². The first-order valence-electron chi connectivity index (χ1n) is 8.09. The van der Waals surface area contributed by atoms with Gasteiger partial charge >= 0.3 is 0 Å². The van der Waals surface area contributed by atoms with Crippen LogP contribution in [0.4, 0.5) is 0 Å². The van der Waals surface area contributed by atoms with E-state index in [1.54, 1.807) is 0 Å². The third kappa shape index (κ3) is 1.97. The molecule has 2 aromatic carbocycles. The second-order valence-corrected chi connectivity index (χ2v) is 6.04. The number of aromatic nitrogens is 1. The molecule has 130 valence electrons. The summed E-state index contributed by atoms with van der Waals surface area (Å²) < 4.78 is 18.6. The Morgan fingerprint density at radius 1 is 1.04 bits per heavy atom. The Morgan fingerprint density at radius 3 is 2.40 bits per heavy atom. The Kier molecular flexibility index (Phi) is 3.58. The van der Waals surface area contributed by atoms with E-state index >= 15 is 0 Å². The lowest BCUT2D eigenvalue weighted by atomic mass is 9.94. The fraction of sp³-hybridized carbons (Fsp3) is 0.316. The van der Waals surface area contributed by atoms with E-state index in [9.17, 15) is 9.90 Å². The van der Waals surface area contributed by atoms with Crippen molar-refractivity contribution in [3.63, 3.8) is 0 Å². The van der Waals surface area contributed by atoms with Crippen molar-refractivity contribution < 1.29 is 19.3 Å². The maximum atomic E-state index is 13.2. The monoisotopic (exact) mass is 341 g/mol. The fourth-order valence-electron chi connectivity index (χ4n) is 3.86. The van der Waals surface area contributed by atoms with E-state index in [-0.39, 0.29) is 5.43 Å². The first-order chi connectivity index (χ1) is 12.1. The van der Waals surface area contributed by atoms with Crippen LogP contribution in [0.3, 0.4) is 0 Å². The number of methoxy groups -OCH3 is 3. The number of hydrogen-bond donors (Lipinski definition) is 1. The topological polar surface area (TPSA) is 69.9 Å². The first kappa shape index (κ1) is 15.8. The molecule has 6 nitrogen and oxygen atoms in total. The Balaban J connectivity index is 2.38. The molecule has 0 bridgehead atoms. The molecule has 3 aromatic rings. The van der Waals surface area contributed by atoms with Crippen LogP contribution in [0.5, 0.6) is 17.2 Å². The summed E-state index contributed by atoms with van der Waals surface area (Å²) in [6.45, 7) is 0.601. The number of aliphatic hydroxyl groups is 1. The molecule has 0 spiro atoms. The van der Waals surface area contributed by atoms with Crippen LogP contribution in [-0.4, -0.2) is 31.0 Å².